The molecular formula is C14H28F3NO3S. The van der Waals surface area contributed by atoms with Gasteiger partial charge in [-0.25, -0.2) is 0 Å². The SMILES string of the molecule is CCCCCCN1CCC(CC)CC1.O=S(=O)(O)C(F)(F)F. The van der Waals surface area contributed by atoms with Crippen LogP contribution in [0.5, 0.6) is 0 Å². The highest BCUT2D eigenvalue weighted by atomic mass is 32.2. The van der Waals surface area contributed by atoms with Crippen molar-refractivity contribution in [2.45, 2.75) is 64.3 Å². The zero-order chi connectivity index (χ0) is 17.2. The molecule has 0 amide bonds. The number of halogens is 3. The van der Waals surface area contributed by atoms with E-state index in [1.165, 1.54) is 64.6 Å². The minimum atomic E-state index is -5.84. The molecule has 22 heavy (non-hydrogen) atoms. The van der Waals surface area contributed by atoms with Crippen LogP contribution in [0, 0.1) is 5.92 Å². The van der Waals surface area contributed by atoms with E-state index in [9.17, 15) is 13.2 Å². The van der Waals surface area contributed by atoms with Crippen LogP contribution in [0.25, 0.3) is 0 Å². The van der Waals surface area contributed by atoms with Gasteiger partial charge in [-0.05, 0) is 44.8 Å². The average Bonchev–Trinajstić information content (AvgIpc) is 2.43. The maximum Gasteiger partial charge on any atom is 0.522 e. The van der Waals surface area contributed by atoms with Crippen LogP contribution in [0.2, 0.25) is 0 Å². The summed E-state index contributed by atoms with van der Waals surface area (Å²) in [6, 6.07) is 0. The predicted octanol–water partition coefficient (Wildman–Crippen LogP) is 4.08. The second-order valence-electron chi connectivity index (χ2n) is 5.67. The predicted molar refractivity (Wildman–Crippen MR) is 81.2 cm³/mol. The summed E-state index contributed by atoms with van der Waals surface area (Å²) in [4.78, 5) is 2.67. The van der Waals surface area contributed by atoms with Gasteiger partial charge < -0.3 is 4.90 Å². The number of rotatable bonds is 6. The Morgan fingerprint density at radius 2 is 1.59 bits per heavy atom. The van der Waals surface area contributed by atoms with Crippen LogP contribution in [0.15, 0.2) is 0 Å². The Morgan fingerprint density at radius 3 is 1.95 bits per heavy atom. The van der Waals surface area contributed by atoms with E-state index in [1.807, 2.05) is 0 Å². The zero-order valence-corrected chi connectivity index (χ0v) is 14.2. The molecule has 0 bridgehead atoms. The largest absolute Gasteiger partial charge is 0.522 e. The number of hydrogen-bond donors (Lipinski definition) is 1. The molecule has 0 atom stereocenters. The Hall–Kier alpha value is -0.340. The molecule has 8 heteroatoms. The number of alkyl halides is 3. The summed E-state index contributed by atoms with van der Waals surface area (Å²) >= 11 is 0. The third-order valence-electron chi connectivity index (χ3n) is 3.90. The summed E-state index contributed by atoms with van der Waals surface area (Å²) in [6.07, 6.45) is 9.93. The Labute approximate surface area is 131 Å². The highest BCUT2D eigenvalue weighted by Crippen LogP contribution is 2.21. The molecule has 1 rings (SSSR count). The lowest BCUT2D eigenvalue weighted by Crippen LogP contribution is -2.34. The van der Waals surface area contributed by atoms with E-state index in [-0.39, 0.29) is 0 Å². The molecule has 134 valence electrons. The first-order chi connectivity index (χ1) is 10.1. The number of nitrogens with zero attached hydrogens (tertiary/aromatic N) is 1. The highest BCUT2D eigenvalue weighted by Gasteiger charge is 2.44. The van der Waals surface area contributed by atoms with E-state index in [2.05, 4.69) is 18.7 Å². The molecule has 1 fully saturated rings. The molecule has 1 saturated heterocycles. The molecule has 1 heterocycles. The second kappa shape index (κ2) is 10.4. The first kappa shape index (κ1) is 21.7. The topological polar surface area (TPSA) is 57.6 Å². The molecule has 0 spiro atoms. The normalized spacial score (nSPS) is 17.9. The molecule has 0 aromatic heterocycles. The maximum atomic E-state index is 10.7. The lowest BCUT2D eigenvalue weighted by molar-refractivity contribution is -0.0510. The summed E-state index contributed by atoms with van der Waals surface area (Å²) in [5.74, 6) is 1.03. The van der Waals surface area contributed by atoms with Crippen molar-refractivity contribution in [2.24, 2.45) is 5.92 Å². The molecule has 0 aliphatic carbocycles. The van der Waals surface area contributed by atoms with Crippen molar-refractivity contribution in [3.05, 3.63) is 0 Å². The molecule has 0 saturated carbocycles. The van der Waals surface area contributed by atoms with E-state index in [4.69, 9.17) is 13.0 Å². The molecular weight excluding hydrogens is 319 g/mol. The van der Waals surface area contributed by atoms with E-state index in [0.29, 0.717) is 0 Å². The maximum absolute atomic E-state index is 10.7. The van der Waals surface area contributed by atoms with E-state index in [0.717, 1.165) is 5.92 Å². The van der Waals surface area contributed by atoms with Crippen LogP contribution in [-0.2, 0) is 10.1 Å². The van der Waals surface area contributed by atoms with Gasteiger partial charge in [0, 0.05) is 0 Å². The minimum Gasteiger partial charge on any atom is -0.303 e. The van der Waals surface area contributed by atoms with Crippen LogP contribution < -0.4 is 0 Å². The Kier molecular flexibility index (Phi) is 10.3. The van der Waals surface area contributed by atoms with Crippen molar-refractivity contribution in [3.63, 3.8) is 0 Å². The molecule has 0 aromatic rings. The summed E-state index contributed by atoms with van der Waals surface area (Å²) in [5, 5.41) is 0. The zero-order valence-electron chi connectivity index (χ0n) is 13.4. The summed E-state index contributed by atoms with van der Waals surface area (Å²) < 4.78 is 57.5. The fraction of sp³-hybridized carbons (Fsp3) is 1.00. The fourth-order valence-electron chi connectivity index (χ4n) is 2.38. The molecule has 1 aliphatic heterocycles. The Morgan fingerprint density at radius 1 is 1.09 bits per heavy atom. The van der Waals surface area contributed by atoms with E-state index >= 15 is 0 Å². The minimum absolute atomic E-state index is 1.03. The van der Waals surface area contributed by atoms with Crippen molar-refractivity contribution in [1.82, 2.24) is 4.90 Å². The van der Waals surface area contributed by atoms with Gasteiger partial charge in [-0.15, -0.1) is 0 Å². The van der Waals surface area contributed by atoms with Crippen molar-refractivity contribution in [3.8, 4) is 0 Å². The van der Waals surface area contributed by atoms with Crippen molar-refractivity contribution < 1.29 is 26.1 Å². The third-order valence-corrected chi connectivity index (χ3v) is 4.49. The molecule has 1 N–H and O–H groups in total. The van der Waals surface area contributed by atoms with Crippen LogP contribution in [0.4, 0.5) is 13.2 Å². The lowest BCUT2D eigenvalue weighted by atomic mass is 9.94. The number of likely N-dealkylation sites (tertiary alicyclic amines) is 1. The number of unbranched alkanes of at least 4 members (excludes halogenated alkanes) is 3. The highest BCUT2D eigenvalue weighted by molar-refractivity contribution is 7.86. The summed E-state index contributed by atoms with van der Waals surface area (Å²) in [7, 11) is -5.84. The third kappa shape index (κ3) is 9.63. The van der Waals surface area contributed by atoms with E-state index < -0.39 is 15.6 Å². The standard InChI is InChI=1S/C13H27N.CHF3O3S/c1-3-5-6-7-10-14-11-8-13(4-2)9-12-14;2-1(3,4)8(5,6)7/h13H,3-12H2,1-2H3;(H,5,6,7). The van der Waals surface area contributed by atoms with Gasteiger partial charge in [0.15, 0.2) is 0 Å². The fourth-order valence-corrected chi connectivity index (χ4v) is 2.38. The second-order valence-corrected chi connectivity index (χ2v) is 7.09. The average molecular weight is 347 g/mol. The molecule has 0 radical (unpaired) electrons. The first-order valence-electron chi connectivity index (χ1n) is 7.87. The monoisotopic (exact) mass is 347 g/mol. The summed E-state index contributed by atoms with van der Waals surface area (Å²) in [6.45, 7) is 8.71. The van der Waals surface area contributed by atoms with Gasteiger partial charge in [0.2, 0.25) is 0 Å². The van der Waals surface area contributed by atoms with Crippen LogP contribution in [-0.4, -0.2) is 43.0 Å². The molecule has 0 unspecified atom stereocenters. The van der Waals surface area contributed by atoms with Gasteiger partial charge in [0.05, 0.1) is 0 Å². The number of hydrogen-bond acceptors (Lipinski definition) is 3. The van der Waals surface area contributed by atoms with Crippen LogP contribution in [0.1, 0.15) is 58.8 Å². The van der Waals surface area contributed by atoms with Crippen molar-refractivity contribution in [2.75, 3.05) is 19.6 Å². The van der Waals surface area contributed by atoms with Gasteiger partial charge in [-0.1, -0.05) is 39.5 Å². The lowest BCUT2D eigenvalue weighted by Gasteiger charge is -2.31. The van der Waals surface area contributed by atoms with Crippen LogP contribution in [0.3, 0.4) is 0 Å². The van der Waals surface area contributed by atoms with Crippen LogP contribution >= 0.6 is 0 Å². The molecule has 4 nitrogen and oxygen atoms in total. The van der Waals surface area contributed by atoms with E-state index in [1.54, 1.807) is 0 Å². The molecule has 1 aliphatic rings. The van der Waals surface area contributed by atoms with Crippen molar-refractivity contribution >= 4 is 10.1 Å². The quantitative estimate of drug-likeness (QED) is 0.447. The van der Waals surface area contributed by atoms with Gasteiger partial charge >= 0.3 is 15.6 Å². The smallest absolute Gasteiger partial charge is 0.303 e. The Balaban J connectivity index is 0.000000472. The summed E-state index contributed by atoms with van der Waals surface area (Å²) in [5.41, 5.74) is -5.53. The van der Waals surface area contributed by atoms with Crippen molar-refractivity contribution in [1.29, 1.82) is 0 Å². The Bertz CT molecular complexity index is 377. The van der Waals surface area contributed by atoms with Gasteiger partial charge in [-0.3, -0.25) is 4.55 Å². The van der Waals surface area contributed by atoms with Gasteiger partial charge in [-0.2, -0.15) is 21.6 Å². The molecule has 0 aromatic carbocycles. The first-order valence-corrected chi connectivity index (χ1v) is 9.31. The number of piperidine rings is 1. The van der Waals surface area contributed by atoms with Gasteiger partial charge in [0.25, 0.3) is 0 Å². The van der Waals surface area contributed by atoms with Gasteiger partial charge in [0.1, 0.15) is 0 Å².